The normalized spacial score (nSPS) is 21.8. The molecule has 2 aliphatic rings. The molecule has 2 saturated carbocycles. The number of nitrogens with one attached hydrogen (secondary N) is 1. The number of thiazole rings is 1. The van der Waals surface area contributed by atoms with E-state index < -0.39 is 10.7 Å². The average molecular weight is 516 g/mol. The fraction of sp³-hybridized carbons (Fsp3) is 0.593. The van der Waals surface area contributed by atoms with Gasteiger partial charge < -0.3 is 10.0 Å². The molecule has 2 aliphatic carbocycles. The largest absolute Gasteiger partial charge is 0.480 e. The molecule has 0 unspecified atom stereocenters. The molecule has 2 amide bonds. The molecule has 0 bridgehead atoms. The van der Waals surface area contributed by atoms with Crippen LogP contribution in [0.15, 0.2) is 40.7 Å². The molecule has 1 aromatic heterocycles. The molecule has 1 heterocycles. The third-order valence-electron chi connectivity index (χ3n) is 7.38. The van der Waals surface area contributed by atoms with Gasteiger partial charge in [-0.3, -0.25) is 10.1 Å². The number of nitrogens with zero attached hydrogens (tertiary/aromatic N) is 2. The van der Waals surface area contributed by atoms with Gasteiger partial charge in [0.1, 0.15) is 4.75 Å². The van der Waals surface area contributed by atoms with Crippen LogP contribution in [0.3, 0.4) is 0 Å². The summed E-state index contributed by atoms with van der Waals surface area (Å²) in [5.74, 6) is -0.297. The molecule has 0 aliphatic heterocycles. The van der Waals surface area contributed by atoms with Crippen molar-refractivity contribution in [2.24, 2.45) is 0 Å². The van der Waals surface area contributed by atoms with Gasteiger partial charge in [0.2, 0.25) is 0 Å². The molecule has 190 valence electrons. The number of benzene rings is 1. The third kappa shape index (κ3) is 6.79. The molecule has 1 aromatic carbocycles. The number of carboxylic acids is 1. The summed E-state index contributed by atoms with van der Waals surface area (Å²) < 4.78 is -0.158. The Morgan fingerprint density at radius 1 is 1.00 bits per heavy atom. The highest BCUT2D eigenvalue weighted by molar-refractivity contribution is 8.03. The van der Waals surface area contributed by atoms with Crippen LogP contribution >= 0.6 is 23.1 Å². The van der Waals surface area contributed by atoms with E-state index in [-0.39, 0.29) is 18.1 Å². The van der Waals surface area contributed by atoms with Crippen LogP contribution in [-0.4, -0.2) is 43.8 Å². The van der Waals surface area contributed by atoms with E-state index in [2.05, 4.69) is 45.5 Å². The van der Waals surface area contributed by atoms with Crippen LogP contribution in [0.4, 0.5) is 9.93 Å². The molecule has 8 heteroatoms. The maximum atomic E-state index is 13.7. The molecular weight excluding hydrogens is 478 g/mol. The number of carbonyl (C=O) groups excluding carboxylic acids is 1. The van der Waals surface area contributed by atoms with Gasteiger partial charge in [-0.15, -0.1) is 0 Å². The smallest absolute Gasteiger partial charge is 0.324 e. The first kappa shape index (κ1) is 26.0. The van der Waals surface area contributed by atoms with E-state index in [9.17, 15) is 14.7 Å². The summed E-state index contributed by atoms with van der Waals surface area (Å²) in [5.41, 5.74) is 1.41. The highest BCUT2D eigenvalue weighted by atomic mass is 32.2. The van der Waals surface area contributed by atoms with E-state index in [0.717, 1.165) is 42.7 Å². The summed E-state index contributed by atoms with van der Waals surface area (Å²) in [6.45, 7) is 3.36. The molecule has 2 fully saturated rings. The Kier molecular flexibility index (Phi) is 8.76. The molecule has 0 saturated heterocycles. The molecule has 0 atom stereocenters. The number of hydrogen-bond donors (Lipinski definition) is 2. The van der Waals surface area contributed by atoms with Crippen molar-refractivity contribution in [3.05, 3.63) is 42.1 Å². The number of anilines is 1. The summed E-state index contributed by atoms with van der Waals surface area (Å²) in [5, 5.41) is 13.0. The van der Waals surface area contributed by atoms with Crippen molar-refractivity contribution in [3.63, 3.8) is 0 Å². The predicted molar refractivity (Wildman–Crippen MR) is 143 cm³/mol. The number of carboxylic acid groups (broad SMARTS) is 1. The van der Waals surface area contributed by atoms with Gasteiger partial charge in [-0.25, -0.2) is 9.78 Å². The molecule has 4 rings (SSSR count). The van der Waals surface area contributed by atoms with Crippen molar-refractivity contribution < 1.29 is 14.7 Å². The molecule has 35 heavy (non-hydrogen) atoms. The van der Waals surface area contributed by atoms with Crippen molar-refractivity contribution in [1.82, 2.24) is 9.88 Å². The maximum absolute atomic E-state index is 13.7. The summed E-state index contributed by atoms with van der Waals surface area (Å²) in [6.07, 6.45) is 12.9. The first-order valence-electron chi connectivity index (χ1n) is 12.9. The van der Waals surface area contributed by atoms with Crippen molar-refractivity contribution in [1.29, 1.82) is 0 Å². The van der Waals surface area contributed by atoms with Gasteiger partial charge in [0.25, 0.3) is 0 Å². The van der Waals surface area contributed by atoms with Crippen molar-refractivity contribution in [3.8, 4) is 0 Å². The van der Waals surface area contributed by atoms with Gasteiger partial charge in [-0.2, -0.15) is 0 Å². The number of thioether (sulfide) groups is 1. The Morgan fingerprint density at radius 3 is 2.26 bits per heavy atom. The van der Waals surface area contributed by atoms with E-state index in [4.69, 9.17) is 0 Å². The molecule has 0 radical (unpaired) electrons. The minimum absolute atomic E-state index is 0.0524. The summed E-state index contributed by atoms with van der Waals surface area (Å²) >= 11 is 2.61. The SMILES string of the molecule is CC(C)(Sc1cnc(NC(=O)N(C2CCCCCC2)[C@H]2CC[C@H](c3ccccc3)CC2)s1)C(=O)O. The van der Waals surface area contributed by atoms with Crippen molar-refractivity contribution >= 4 is 40.2 Å². The lowest BCUT2D eigenvalue weighted by molar-refractivity contribution is -0.138. The lowest BCUT2D eigenvalue weighted by atomic mass is 9.80. The summed E-state index contributed by atoms with van der Waals surface area (Å²) in [6, 6.07) is 11.2. The van der Waals surface area contributed by atoms with E-state index in [0.29, 0.717) is 11.0 Å². The topological polar surface area (TPSA) is 82.5 Å². The second-order valence-corrected chi connectivity index (χ2v) is 13.3. The number of rotatable bonds is 7. The van der Waals surface area contributed by atoms with Crippen LogP contribution < -0.4 is 5.32 Å². The fourth-order valence-corrected chi connectivity index (χ4v) is 7.66. The lowest BCUT2D eigenvalue weighted by Crippen LogP contribution is -2.50. The molecule has 2 N–H and O–H groups in total. The zero-order chi connectivity index (χ0) is 24.8. The second-order valence-electron chi connectivity index (χ2n) is 10.3. The average Bonchev–Trinajstić information content (AvgIpc) is 3.10. The van der Waals surface area contributed by atoms with E-state index in [1.807, 2.05) is 0 Å². The minimum atomic E-state index is -0.947. The molecule has 6 nitrogen and oxygen atoms in total. The number of amides is 2. The summed E-state index contributed by atoms with van der Waals surface area (Å²) in [7, 11) is 0. The third-order valence-corrected chi connectivity index (χ3v) is 9.58. The van der Waals surface area contributed by atoms with E-state index in [1.165, 1.54) is 54.3 Å². The van der Waals surface area contributed by atoms with Gasteiger partial charge in [-0.05, 0) is 63.9 Å². The van der Waals surface area contributed by atoms with Gasteiger partial charge in [-0.1, -0.05) is 79.1 Å². The minimum Gasteiger partial charge on any atom is -0.480 e. The Bertz CT molecular complexity index is 979. The number of aromatic nitrogens is 1. The zero-order valence-electron chi connectivity index (χ0n) is 20.7. The van der Waals surface area contributed by atoms with Crippen molar-refractivity contribution in [2.45, 2.75) is 105 Å². The van der Waals surface area contributed by atoms with Crippen LogP contribution in [0.25, 0.3) is 0 Å². The van der Waals surface area contributed by atoms with Crippen LogP contribution in [0.1, 0.15) is 89.5 Å². The van der Waals surface area contributed by atoms with Gasteiger partial charge in [0.15, 0.2) is 5.13 Å². The van der Waals surface area contributed by atoms with Crippen LogP contribution in [0.5, 0.6) is 0 Å². The molecule has 0 spiro atoms. The summed E-state index contributed by atoms with van der Waals surface area (Å²) in [4.78, 5) is 31.7. The van der Waals surface area contributed by atoms with E-state index >= 15 is 0 Å². The fourth-order valence-electron chi connectivity index (χ4n) is 5.39. The van der Waals surface area contributed by atoms with Gasteiger partial charge >= 0.3 is 12.0 Å². The van der Waals surface area contributed by atoms with Crippen LogP contribution in [0.2, 0.25) is 0 Å². The van der Waals surface area contributed by atoms with Gasteiger partial charge in [0.05, 0.1) is 10.4 Å². The van der Waals surface area contributed by atoms with Crippen LogP contribution in [0, 0.1) is 0 Å². The lowest BCUT2D eigenvalue weighted by Gasteiger charge is -2.41. The molecular formula is C27H37N3O3S2. The first-order valence-corrected chi connectivity index (χ1v) is 14.5. The Balaban J connectivity index is 1.45. The monoisotopic (exact) mass is 515 g/mol. The number of hydrogen-bond acceptors (Lipinski definition) is 5. The Hall–Kier alpha value is -2.06. The highest BCUT2D eigenvalue weighted by Crippen LogP contribution is 2.39. The Morgan fingerprint density at radius 2 is 1.63 bits per heavy atom. The van der Waals surface area contributed by atoms with E-state index in [1.54, 1.807) is 20.0 Å². The predicted octanol–water partition coefficient (Wildman–Crippen LogP) is 7.38. The van der Waals surface area contributed by atoms with Crippen molar-refractivity contribution in [2.75, 3.05) is 5.32 Å². The maximum Gasteiger partial charge on any atom is 0.324 e. The van der Waals surface area contributed by atoms with Crippen LogP contribution in [-0.2, 0) is 4.79 Å². The first-order chi connectivity index (χ1) is 16.8. The second kappa shape index (κ2) is 11.8. The Labute approximate surface area is 216 Å². The zero-order valence-corrected chi connectivity index (χ0v) is 22.4. The number of aliphatic carboxylic acids is 1. The van der Waals surface area contributed by atoms with Gasteiger partial charge in [0, 0.05) is 12.1 Å². The number of carbonyl (C=O) groups is 2. The molecule has 2 aromatic rings. The number of urea groups is 1. The highest BCUT2D eigenvalue weighted by Gasteiger charge is 2.35. The quantitative estimate of drug-likeness (QED) is 0.297. The standard InChI is InChI=1S/C27H37N3O3S2/c1-27(2,24(31)32)35-23-18-28-25(34-23)29-26(33)30(21-12-8-3-4-9-13-21)22-16-14-20(15-17-22)19-10-6-5-7-11-19/h5-7,10-11,18,20-22H,3-4,8-9,12-17H2,1-2H3,(H,31,32)(H,28,29,33)/t20-,22-.